The summed E-state index contributed by atoms with van der Waals surface area (Å²) in [4.78, 5) is 30.7. The molecule has 2 amide bonds. The Bertz CT molecular complexity index is 550. The van der Waals surface area contributed by atoms with E-state index in [0.29, 0.717) is 18.5 Å². The number of aromatic nitrogens is 1. The van der Waals surface area contributed by atoms with Gasteiger partial charge in [-0.15, -0.1) is 0 Å². The van der Waals surface area contributed by atoms with Crippen LogP contribution in [0.25, 0.3) is 0 Å². The predicted molar refractivity (Wildman–Crippen MR) is 88.4 cm³/mol. The highest BCUT2D eigenvalue weighted by atomic mass is 16.2. The first kappa shape index (κ1) is 15.8. The molecule has 3 heterocycles. The van der Waals surface area contributed by atoms with Gasteiger partial charge in [0.2, 0.25) is 5.91 Å². The molecule has 0 radical (unpaired) electrons. The maximum absolute atomic E-state index is 12.3. The van der Waals surface area contributed by atoms with E-state index in [1.54, 1.807) is 12.3 Å². The molecule has 2 saturated heterocycles. The van der Waals surface area contributed by atoms with Gasteiger partial charge in [-0.25, -0.2) is 4.98 Å². The fourth-order valence-electron chi connectivity index (χ4n) is 3.16. The highest BCUT2D eigenvalue weighted by Crippen LogP contribution is 2.17. The predicted octanol–water partition coefficient (Wildman–Crippen LogP) is 1.47. The summed E-state index contributed by atoms with van der Waals surface area (Å²) < 4.78 is 0. The minimum Gasteiger partial charge on any atom is -0.357 e. The summed E-state index contributed by atoms with van der Waals surface area (Å²) in [5.74, 6) is 0.597. The van der Waals surface area contributed by atoms with Crippen molar-refractivity contribution in [2.75, 3.05) is 24.5 Å². The van der Waals surface area contributed by atoms with E-state index in [9.17, 15) is 9.59 Å². The lowest BCUT2D eigenvalue weighted by atomic mass is 10.1. The molecule has 2 N–H and O–H groups in total. The zero-order valence-corrected chi connectivity index (χ0v) is 13.4. The Morgan fingerprint density at radius 1 is 1.17 bits per heavy atom. The van der Waals surface area contributed by atoms with Crippen LogP contribution >= 0.6 is 0 Å². The smallest absolute Gasteiger partial charge is 0.253 e. The number of nitrogens with one attached hydrogen (secondary N) is 2. The van der Waals surface area contributed by atoms with Crippen molar-refractivity contribution in [3.63, 3.8) is 0 Å². The largest absolute Gasteiger partial charge is 0.357 e. The molecule has 3 rings (SSSR count). The summed E-state index contributed by atoms with van der Waals surface area (Å²) in [7, 11) is 0. The maximum atomic E-state index is 12.3. The van der Waals surface area contributed by atoms with Crippen molar-refractivity contribution >= 4 is 17.6 Å². The summed E-state index contributed by atoms with van der Waals surface area (Å²) in [5.41, 5.74) is 0.502. The van der Waals surface area contributed by atoms with Gasteiger partial charge in [-0.2, -0.15) is 0 Å². The van der Waals surface area contributed by atoms with Crippen molar-refractivity contribution < 1.29 is 9.59 Å². The molecule has 0 aliphatic carbocycles. The van der Waals surface area contributed by atoms with E-state index < -0.39 is 6.04 Å². The number of hydrogen-bond donors (Lipinski definition) is 2. The molecule has 124 valence electrons. The van der Waals surface area contributed by atoms with Gasteiger partial charge < -0.3 is 15.5 Å². The lowest BCUT2D eigenvalue weighted by Gasteiger charge is -2.23. The number of amides is 2. The zero-order chi connectivity index (χ0) is 16.1. The molecule has 2 aliphatic heterocycles. The zero-order valence-electron chi connectivity index (χ0n) is 13.4. The number of nitrogens with zero attached hydrogens (tertiary/aromatic N) is 2. The second-order valence-electron chi connectivity index (χ2n) is 6.27. The molecule has 0 bridgehead atoms. The molecule has 0 spiro atoms. The van der Waals surface area contributed by atoms with Crippen LogP contribution in [0.3, 0.4) is 0 Å². The molecule has 1 aromatic heterocycles. The van der Waals surface area contributed by atoms with Crippen molar-refractivity contribution in [2.45, 2.75) is 44.6 Å². The Balaban J connectivity index is 1.61. The highest BCUT2D eigenvalue weighted by Gasteiger charge is 2.24. The third-order valence-electron chi connectivity index (χ3n) is 4.53. The summed E-state index contributed by atoms with van der Waals surface area (Å²) in [6.45, 7) is 2.75. The average Bonchev–Trinajstić information content (AvgIpc) is 2.86. The molecule has 0 aromatic carbocycles. The van der Waals surface area contributed by atoms with Crippen molar-refractivity contribution in [3.05, 3.63) is 23.9 Å². The molecule has 1 aromatic rings. The number of anilines is 1. The van der Waals surface area contributed by atoms with Gasteiger partial charge in [0, 0.05) is 25.8 Å². The fraction of sp³-hybridized carbons (Fsp3) is 0.588. The lowest BCUT2D eigenvalue weighted by Crippen LogP contribution is -2.50. The van der Waals surface area contributed by atoms with Crippen LogP contribution in [0.1, 0.15) is 48.9 Å². The molecule has 1 atom stereocenters. The second-order valence-corrected chi connectivity index (χ2v) is 6.27. The third kappa shape index (κ3) is 4.00. The van der Waals surface area contributed by atoms with Crippen LogP contribution in [-0.4, -0.2) is 42.5 Å². The lowest BCUT2D eigenvalue weighted by molar-refractivity contribution is -0.124. The minimum atomic E-state index is -0.429. The Labute approximate surface area is 136 Å². The van der Waals surface area contributed by atoms with Crippen LogP contribution in [0.4, 0.5) is 5.82 Å². The van der Waals surface area contributed by atoms with E-state index in [1.165, 1.54) is 25.7 Å². The van der Waals surface area contributed by atoms with Gasteiger partial charge in [0.1, 0.15) is 11.9 Å². The molecular formula is C17H24N4O2. The molecule has 2 aliphatic rings. The van der Waals surface area contributed by atoms with Crippen molar-refractivity contribution in [2.24, 2.45) is 0 Å². The number of piperidine rings is 1. The average molecular weight is 316 g/mol. The van der Waals surface area contributed by atoms with E-state index in [0.717, 1.165) is 25.3 Å². The second kappa shape index (κ2) is 7.44. The van der Waals surface area contributed by atoms with Gasteiger partial charge in [0.25, 0.3) is 5.91 Å². The van der Waals surface area contributed by atoms with Crippen molar-refractivity contribution in [1.29, 1.82) is 0 Å². The Morgan fingerprint density at radius 3 is 2.61 bits per heavy atom. The number of hydrogen-bond acceptors (Lipinski definition) is 4. The van der Waals surface area contributed by atoms with Crippen LogP contribution < -0.4 is 15.5 Å². The van der Waals surface area contributed by atoms with E-state index in [1.807, 2.05) is 6.07 Å². The van der Waals surface area contributed by atoms with Crippen LogP contribution in [0.5, 0.6) is 0 Å². The van der Waals surface area contributed by atoms with E-state index >= 15 is 0 Å². The first-order valence-corrected chi connectivity index (χ1v) is 8.53. The molecule has 6 nitrogen and oxygen atoms in total. The fourth-order valence-corrected chi connectivity index (χ4v) is 3.16. The Kier molecular flexibility index (Phi) is 5.10. The van der Waals surface area contributed by atoms with Gasteiger partial charge >= 0.3 is 0 Å². The standard InChI is InChI=1S/C17H24N4O2/c22-16(20-14-6-5-9-18-17(14)23)13-7-8-15(19-12-13)21-10-3-1-2-4-11-21/h7-8,12,14H,1-6,9-11H2,(H,18,23)(H,20,22). The number of carbonyl (C=O) groups is 2. The minimum absolute atomic E-state index is 0.0984. The summed E-state index contributed by atoms with van der Waals surface area (Å²) in [6.07, 6.45) is 8.14. The van der Waals surface area contributed by atoms with Gasteiger partial charge in [-0.3, -0.25) is 9.59 Å². The SMILES string of the molecule is O=C(NC1CCCNC1=O)c1ccc(N2CCCCCC2)nc1. The van der Waals surface area contributed by atoms with E-state index in [2.05, 4.69) is 20.5 Å². The first-order valence-electron chi connectivity index (χ1n) is 8.53. The normalized spacial score (nSPS) is 22.2. The molecule has 2 fully saturated rings. The van der Waals surface area contributed by atoms with Crippen molar-refractivity contribution in [1.82, 2.24) is 15.6 Å². The summed E-state index contributed by atoms with van der Waals surface area (Å²) in [5, 5.41) is 5.56. The maximum Gasteiger partial charge on any atom is 0.253 e. The van der Waals surface area contributed by atoms with Crippen LogP contribution in [0.2, 0.25) is 0 Å². The van der Waals surface area contributed by atoms with Gasteiger partial charge in [-0.05, 0) is 37.8 Å². The summed E-state index contributed by atoms with van der Waals surface area (Å²) in [6, 6.07) is 3.27. The van der Waals surface area contributed by atoms with Gasteiger partial charge in [0.05, 0.1) is 5.56 Å². The monoisotopic (exact) mass is 316 g/mol. The van der Waals surface area contributed by atoms with Crippen LogP contribution in [0.15, 0.2) is 18.3 Å². The van der Waals surface area contributed by atoms with Gasteiger partial charge in [-0.1, -0.05) is 12.8 Å². The highest BCUT2D eigenvalue weighted by molar-refractivity contribution is 5.97. The number of rotatable bonds is 3. The van der Waals surface area contributed by atoms with Gasteiger partial charge in [0.15, 0.2) is 0 Å². The Morgan fingerprint density at radius 2 is 1.96 bits per heavy atom. The van der Waals surface area contributed by atoms with Crippen molar-refractivity contribution in [3.8, 4) is 0 Å². The third-order valence-corrected chi connectivity index (χ3v) is 4.53. The first-order chi connectivity index (χ1) is 11.2. The molecular weight excluding hydrogens is 292 g/mol. The number of pyridine rings is 1. The molecule has 0 saturated carbocycles. The Hall–Kier alpha value is -2.11. The quantitative estimate of drug-likeness (QED) is 0.885. The summed E-state index contributed by atoms with van der Waals surface area (Å²) >= 11 is 0. The topological polar surface area (TPSA) is 74.3 Å². The van der Waals surface area contributed by atoms with E-state index in [-0.39, 0.29) is 11.8 Å². The number of carbonyl (C=O) groups excluding carboxylic acids is 2. The molecule has 6 heteroatoms. The molecule has 1 unspecified atom stereocenters. The van der Waals surface area contributed by atoms with E-state index in [4.69, 9.17) is 0 Å². The molecule has 23 heavy (non-hydrogen) atoms. The van der Waals surface area contributed by atoms with Crippen LogP contribution in [0, 0.1) is 0 Å². The van der Waals surface area contributed by atoms with Crippen LogP contribution in [-0.2, 0) is 4.79 Å².